The Morgan fingerprint density at radius 3 is 2.95 bits per heavy atom. The van der Waals surface area contributed by atoms with Crippen LogP contribution in [0, 0.1) is 5.92 Å². The molecule has 22 heavy (non-hydrogen) atoms. The number of carbonyl (C=O) groups is 1. The molecule has 1 N–H and O–H groups in total. The van der Waals surface area contributed by atoms with Crippen LogP contribution < -0.4 is 10.2 Å². The number of hydrogen-bond donors (Lipinski definition) is 1. The molecule has 2 bridgehead atoms. The summed E-state index contributed by atoms with van der Waals surface area (Å²) in [4.78, 5) is 21.1. The highest BCUT2D eigenvalue weighted by atomic mass is 32.1. The summed E-state index contributed by atoms with van der Waals surface area (Å²) in [6.45, 7) is 3.95. The second-order valence-corrected chi connectivity index (χ2v) is 8.61. The van der Waals surface area contributed by atoms with E-state index in [0.717, 1.165) is 45.5 Å². The lowest BCUT2D eigenvalue weighted by Gasteiger charge is -2.25. The summed E-state index contributed by atoms with van der Waals surface area (Å²) in [5.41, 5.74) is 0. The third kappa shape index (κ3) is 2.06. The van der Waals surface area contributed by atoms with Crippen molar-refractivity contribution < 1.29 is 9.53 Å². The Kier molecular flexibility index (Phi) is 2.81. The highest BCUT2D eigenvalue weighted by molar-refractivity contribution is 7.29. The van der Waals surface area contributed by atoms with E-state index in [0.29, 0.717) is 24.1 Å². The number of morpholine rings is 1. The minimum atomic E-state index is 0.0553. The van der Waals surface area contributed by atoms with Crippen LogP contribution in [0.1, 0.15) is 29.4 Å². The van der Waals surface area contributed by atoms with Gasteiger partial charge in [0.25, 0.3) is 5.91 Å². The summed E-state index contributed by atoms with van der Waals surface area (Å²) in [5.74, 6) is 0.683. The summed E-state index contributed by atoms with van der Waals surface area (Å²) < 4.78 is 6.77. The normalized spacial score (nSPS) is 32.9. The zero-order valence-corrected chi connectivity index (χ0v) is 13.9. The van der Waals surface area contributed by atoms with Gasteiger partial charge in [-0.15, -0.1) is 11.3 Å². The highest BCUT2D eigenvalue weighted by Gasteiger charge is 2.40. The number of nitrogens with zero attached hydrogens (tertiary/aromatic N) is 2. The molecule has 0 aromatic carbocycles. The Morgan fingerprint density at radius 2 is 2.32 bits per heavy atom. The van der Waals surface area contributed by atoms with Gasteiger partial charge in [-0.1, -0.05) is 18.3 Å². The lowest BCUT2D eigenvalue weighted by Crippen LogP contribution is -2.36. The maximum atomic E-state index is 12.2. The van der Waals surface area contributed by atoms with Crippen LogP contribution in [0.25, 0.3) is 9.53 Å². The topological polar surface area (TPSA) is 54.5 Å². The van der Waals surface area contributed by atoms with E-state index in [-0.39, 0.29) is 5.91 Å². The van der Waals surface area contributed by atoms with Gasteiger partial charge in [0.05, 0.1) is 28.3 Å². The van der Waals surface area contributed by atoms with E-state index in [4.69, 9.17) is 9.72 Å². The molecule has 4 heterocycles. The van der Waals surface area contributed by atoms with Crippen LogP contribution in [-0.4, -0.2) is 42.2 Å². The van der Waals surface area contributed by atoms with Crippen molar-refractivity contribution in [1.29, 1.82) is 0 Å². The predicted octanol–water partition coefficient (Wildman–Crippen LogP) is 2.47. The van der Waals surface area contributed by atoms with E-state index in [9.17, 15) is 4.79 Å². The van der Waals surface area contributed by atoms with E-state index >= 15 is 0 Å². The van der Waals surface area contributed by atoms with Gasteiger partial charge in [0.1, 0.15) is 4.83 Å². The Morgan fingerprint density at radius 1 is 1.45 bits per heavy atom. The molecule has 0 radical (unpaired) electrons. The molecular weight excluding hydrogens is 318 g/mol. The van der Waals surface area contributed by atoms with Crippen LogP contribution in [0.4, 0.5) is 5.13 Å². The molecule has 5 nitrogen and oxygen atoms in total. The van der Waals surface area contributed by atoms with E-state index in [1.54, 1.807) is 11.3 Å². The average molecular weight is 335 g/mol. The Hall–Kier alpha value is -1.18. The second kappa shape index (κ2) is 4.66. The van der Waals surface area contributed by atoms with Crippen molar-refractivity contribution in [2.24, 2.45) is 5.92 Å². The van der Waals surface area contributed by atoms with Crippen molar-refractivity contribution in [1.82, 2.24) is 10.3 Å². The maximum absolute atomic E-state index is 12.2. The van der Waals surface area contributed by atoms with Crippen molar-refractivity contribution in [3.63, 3.8) is 0 Å². The number of amides is 1. The molecule has 4 atom stereocenters. The van der Waals surface area contributed by atoms with E-state index < -0.39 is 0 Å². The molecule has 2 aliphatic heterocycles. The number of anilines is 1. The van der Waals surface area contributed by atoms with Crippen molar-refractivity contribution in [3.05, 3.63) is 10.9 Å². The van der Waals surface area contributed by atoms with Gasteiger partial charge in [-0.25, -0.2) is 4.98 Å². The van der Waals surface area contributed by atoms with Gasteiger partial charge < -0.3 is 15.0 Å². The van der Waals surface area contributed by atoms with Crippen LogP contribution in [-0.2, 0) is 4.74 Å². The molecule has 1 saturated carbocycles. The molecule has 116 valence electrons. The lowest BCUT2D eigenvalue weighted by atomic mass is 10.2. The number of fused-ring (bicyclic) bond motifs is 3. The standard InChI is InChI=1S/C15H17N3O2S2/c1-7-2-10(7)16-13(19)11-4-12-14(21-11)17-15(22-12)18-5-9-3-8(18)6-20-9/h4,7-10H,2-3,5-6H2,1H3,(H,16,19)/t7-,8-,9-,10-/m0/s1. The molecule has 0 unspecified atom stereocenters. The largest absolute Gasteiger partial charge is 0.374 e. The summed E-state index contributed by atoms with van der Waals surface area (Å²) >= 11 is 3.20. The molecule has 1 aliphatic carbocycles. The van der Waals surface area contributed by atoms with Gasteiger partial charge in [-0.05, 0) is 24.8 Å². The average Bonchev–Trinajstić information content (AvgIpc) is 2.99. The van der Waals surface area contributed by atoms with Crippen LogP contribution in [0.2, 0.25) is 0 Å². The first-order valence-corrected chi connectivity index (χ1v) is 9.40. The third-order valence-electron chi connectivity index (χ3n) is 4.87. The van der Waals surface area contributed by atoms with Crippen LogP contribution in [0.15, 0.2) is 6.07 Å². The smallest absolute Gasteiger partial charge is 0.261 e. The minimum absolute atomic E-state index is 0.0553. The summed E-state index contributed by atoms with van der Waals surface area (Å²) in [7, 11) is 0. The molecule has 0 spiro atoms. The van der Waals surface area contributed by atoms with Gasteiger partial charge in [0.2, 0.25) is 0 Å². The van der Waals surface area contributed by atoms with Gasteiger partial charge in [0.15, 0.2) is 5.13 Å². The summed E-state index contributed by atoms with van der Waals surface area (Å²) in [6.07, 6.45) is 2.61. The fraction of sp³-hybridized carbons (Fsp3) is 0.600. The molecule has 7 heteroatoms. The molecule has 2 saturated heterocycles. The SMILES string of the molecule is C[C@H]1C[C@@H]1NC(=O)c1cc2sc(N3C[C@@H]4C[C@H]3CO4)nc2s1. The predicted molar refractivity (Wildman–Crippen MR) is 88.0 cm³/mol. The fourth-order valence-corrected chi connectivity index (χ4v) is 5.55. The zero-order chi connectivity index (χ0) is 14.8. The minimum Gasteiger partial charge on any atom is -0.374 e. The summed E-state index contributed by atoms with van der Waals surface area (Å²) in [6, 6.07) is 2.86. The van der Waals surface area contributed by atoms with Gasteiger partial charge >= 0.3 is 0 Å². The Labute approximate surface area is 136 Å². The number of thiazole rings is 1. The summed E-state index contributed by atoms with van der Waals surface area (Å²) in [5, 5.41) is 4.17. The second-order valence-electron chi connectivity index (χ2n) is 6.57. The zero-order valence-electron chi connectivity index (χ0n) is 12.2. The number of carbonyl (C=O) groups excluding carboxylic acids is 1. The maximum Gasteiger partial charge on any atom is 0.261 e. The number of aromatic nitrogens is 1. The molecule has 5 rings (SSSR count). The van der Waals surface area contributed by atoms with Crippen molar-refractivity contribution in [2.75, 3.05) is 18.1 Å². The van der Waals surface area contributed by atoms with E-state index in [2.05, 4.69) is 17.1 Å². The van der Waals surface area contributed by atoms with E-state index in [1.165, 1.54) is 11.3 Å². The third-order valence-corrected chi connectivity index (χ3v) is 7.07. The lowest BCUT2D eigenvalue weighted by molar-refractivity contribution is 0.0953. The van der Waals surface area contributed by atoms with Crippen molar-refractivity contribution in [2.45, 2.75) is 38.0 Å². The number of nitrogens with one attached hydrogen (secondary N) is 1. The first-order chi connectivity index (χ1) is 10.7. The first-order valence-electron chi connectivity index (χ1n) is 7.77. The molecule has 1 amide bonds. The fourth-order valence-electron chi connectivity index (χ4n) is 3.36. The van der Waals surface area contributed by atoms with Crippen molar-refractivity contribution >= 4 is 43.2 Å². The number of rotatable bonds is 3. The molecular formula is C15H17N3O2S2. The van der Waals surface area contributed by atoms with Crippen molar-refractivity contribution in [3.8, 4) is 0 Å². The Balaban J connectivity index is 1.37. The van der Waals surface area contributed by atoms with E-state index in [1.807, 2.05) is 6.07 Å². The number of thiophene rings is 1. The monoisotopic (exact) mass is 335 g/mol. The quantitative estimate of drug-likeness (QED) is 0.936. The van der Waals surface area contributed by atoms with Gasteiger partial charge in [-0.3, -0.25) is 4.79 Å². The number of hydrogen-bond acceptors (Lipinski definition) is 6. The Bertz CT molecular complexity index is 724. The number of ether oxygens (including phenoxy) is 1. The molecule has 3 aliphatic rings. The van der Waals surface area contributed by atoms with Gasteiger partial charge in [-0.2, -0.15) is 0 Å². The molecule has 2 aromatic rings. The molecule has 3 fully saturated rings. The van der Waals surface area contributed by atoms with Crippen LogP contribution >= 0.6 is 22.7 Å². The highest BCUT2D eigenvalue weighted by Crippen LogP contribution is 2.39. The first kappa shape index (κ1) is 13.3. The van der Waals surface area contributed by atoms with Gasteiger partial charge in [0, 0.05) is 12.6 Å². The molecule has 2 aromatic heterocycles. The van der Waals surface area contributed by atoms with Crippen LogP contribution in [0.5, 0.6) is 0 Å². The van der Waals surface area contributed by atoms with Crippen LogP contribution in [0.3, 0.4) is 0 Å².